The molecule has 166 valence electrons. The Morgan fingerprint density at radius 3 is 2.39 bits per heavy atom. The molecule has 0 bridgehead atoms. The topological polar surface area (TPSA) is 88.7 Å². The number of benzene rings is 2. The number of hydrogen-bond acceptors (Lipinski definition) is 5. The molecule has 0 aliphatic heterocycles. The van der Waals surface area contributed by atoms with Gasteiger partial charge in [0.15, 0.2) is 5.11 Å². The summed E-state index contributed by atoms with van der Waals surface area (Å²) in [5.74, 6) is 0.151. The van der Waals surface area contributed by atoms with Crippen LogP contribution in [0.3, 0.4) is 0 Å². The summed E-state index contributed by atoms with van der Waals surface area (Å²) < 4.78 is 11.2. The van der Waals surface area contributed by atoms with Gasteiger partial charge in [0.05, 0.1) is 11.1 Å². The van der Waals surface area contributed by atoms with E-state index in [4.69, 9.17) is 21.7 Å². The standard InChI is InChI=1S/C22H26BrN3O4S/c1-3-4-11-24-20(27)15-5-8-17(9-6-15)25-22(31)26-21(28)16-7-10-19(18(23)14-16)30-13-12-29-2/h5-10,14H,3-4,11-13H2,1-2H3,(H,24,27)(H2,25,26,28,31). The molecule has 0 aromatic heterocycles. The highest BCUT2D eigenvalue weighted by molar-refractivity contribution is 9.10. The second kappa shape index (κ2) is 13.0. The molecule has 0 spiro atoms. The molecule has 0 atom stereocenters. The summed E-state index contributed by atoms with van der Waals surface area (Å²) >= 11 is 8.62. The van der Waals surface area contributed by atoms with Gasteiger partial charge in [-0.15, -0.1) is 0 Å². The highest BCUT2D eigenvalue weighted by atomic mass is 79.9. The van der Waals surface area contributed by atoms with Gasteiger partial charge in [-0.2, -0.15) is 0 Å². The molecular weight excluding hydrogens is 482 g/mol. The fraction of sp³-hybridized carbons (Fsp3) is 0.318. The molecule has 7 nitrogen and oxygen atoms in total. The van der Waals surface area contributed by atoms with Crippen LogP contribution in [0.25, 0.3) is 0 Å². The molecule has 2 aromatic carbocycles. The van der Waals surface area contributed by atoms with Crippen LogP contribution in [0.15, 0.2) is 46.9 Å². The lowest BCUT2D eigenvalue weighted by Crippen LogP contribution is -2.34. The number of carbonyl (C=O) groups is 2. The van der Waals surface area contributed by atoms with E-state index in [0.717, 1.165) is 12.8 Å². The monoisotopic (exact) mass is 507 g/mol. The molecule has 3 N–H and O–H groups in total. The van der Waals surface area contributed by atoms with Crippen molar-refractivity contribution in [1.82, 2.24) is 10.6 Å². The molecule has 0 aliphatic carbocycles. The molecule has 2 rings (SSSR count). The Kier molecular flexibility index (Phi) is 10.4. The van der Waals surface area contributed by atoms with Crippen molar-refractivity contribution in [3.05, 3.63) is 58.1 Å². The van der Waals surface area contributed by atoms with Gasteiger partial charge in [-0.1, -0.05) is 13.3 Å². The predicted octanol–water partition coefficient (Wildman–Crippen LogP) is 4.13. The maximum atomic E-state index is 12.5. The third-order valence-electron chi connectivity index (χ3n) is 4.19. The number of nitrogens with one attached hydrogen (secondary N) is 3. The number of amides is 2. The van der Waals surface area contributed by atoms with Crippen molar-refractivity contribution in [1.29, 1.82) is 0 Å². The molecule has 0 fully saturated rings. The molecule has 2 amide bonds. The minimum atomic E-state index is -0.353. The third kappa shape index (κ3) is 8.28. The Balaban J connectivity index is 1.88. The Morgan fingerprint density at radius 1 is 1.03 bits per heavy atom. The van der Waals surface area contributed by atoms with Gasteiger partial charge in [-0.3, -0.25) is 14.9 Å². The molecular formula is C22H26BrN3O4S. The van der Waals surface area contributed by atoms with E-state index in [2.05, 4.69) is 38.8 Å². The number of methoxy groups -OCH3 is 1. The lowest BCUT2D eigenvalue weighted by Gasteiger charge is -2.12. The molecule has 0 aliphatic rings. The summed E-state index contributed by atoms with van der Waals surface area (Å²) in [5.41, 5.74) is 1.65. The summed E-state index contributed by atoms with van der Waals surface area (Å²) in [7, 11) is 1.60. The highest BCUT2D eigenvalue weighted by Crippen LogP contribution is 2.26. The fourth-order valence-corrected chi connectivity index (χ4v) is 3.22. The van der Waals surface area contributed by atoms with Gasteiger partial charge >= 0.3 is 0 Å². The second-order valence-electron chi connectivity index (χ2n) is 6.58. The van der Waals surface area contributed by atoms with Crippen LogP contribution in [0.1, 0.15) is 40.5 Å². The summed E-state index contributed by atoms with van der Waals surface area (Å²) in [6, 6.07) is 11.9. The van der Waals surface area contributed by atoms with E-state index in [1.54, 1.807) is 49.6 Å². The molecule has 9 heteroatoms. The van der Waals surface area contributed by atoms with Gasteiger partial charge in [0.1, 0.15) is 12.4 Å². The Bertz CT molecular complexity index is 906. The van der Waals surface area contributed by atoms with Crippen LogP contribution in [0.2, 0.25) is 0 Å². The van der Waals surface area contributed by atoms with Gasteiger partial charge in [-0.05, 0) is 77.0 Å². The van der Waals surface area contributed by atoms with Crippen molar-refractivity contribution in [2.24, 2.45) is 0 Å². The fourth-order valence-electron chi connectivity index (χ4n) is 2.52. The smallest absolute Gasteiger partial charge is 0.257 e. The van der Waals surface area contributed by atoms with E-state index in [0.29, 0.717) is 46.8 Å². The van der Waals surface area contributed by atoms with Crippen molar-refractivity contribution in [2.45, 2.75) is 19.8 Å². The molecule has 2 aromatic rings. The molecule has 0 saturated heterocycles. The maximum absolute atomic E-state index is 12.5. The van der Waals surface area contributed by atoms with Crippen molar-refractivity contribution in [3.8, 4) is 5.75 Å². The lowest BCUT2D eigenvalue weighted by atomic mass is 10.2. The van der Waals surface area contributed by atoms with Gasteiger partial charge in [0.2, 0.25) is 0 Å². The van der Waals surface area contributed by atoms with Crippen LogP contribution in [0.4, 0.5) is 5.69 Å². The zero-order valence-corrected chi connectivity index (χ0v) is 19.9. The summed E-state index contributed by atoms with van der Waals surface area (Å²) in [6.45, 7) is 3.61. The van der Waals surface area contributed by atoms with E-state index in [1.165, 1.54) is 0 Å². The first kappa shape index (κ1) is 24.8. The van der Waals surface area contributed by atoms with E-state index in [9.17, 15) is 9.59 Å². The number of hydrogen-bond donors (Lipinski definition) is 3. The number of rotatable bonds is 10. The minimum Gasteiger partial charge on any atom is -0.490 e. The van der Waals surface area contributed by atoms with Crippen LogP contribution < -0.4 is 20.7 Å². The number of halogens is 1. The maximum Gasteiger partial charge on any atom is 0.257 e. The number of ether oxygens (including phenoxy) is 2. The zero-order chi connectivity index (χ0) is 22.6. The predicted molar refractivity (Wildman–Crippen MR) is 129 cm³/mol. The summed E-state index contributed by atoms with van der Waals surface area (Å²) in [5, 5.41) is 8.59. The second-order valence-corrected chi connectivity index (χ2v) is 7.84. The van der Waals surface area contributed by atoms with Crippen molar-refractivity contribution in [2.75, 3.05) is 32.2 Å². The Morgan fingerprint density at radius 2 is 1.74 bits per heavy atom. The molecule has 0 unspecified atom stereocenters. The molecule has 31 heavy (non-hydrogen) atoms. The van der Waals surface area contributed by atoms with Gasteiger partial charge in [0.25, 0.3) is 11.8 Å². The van der Waals surface area contributed by atoms with Crippen molar-refractivity contribution in [3.63, 3.8) is 0 Å². The van der Waals surface area contributed by atoms with E-state index >= 15 is 0 Å². The Hall–Kier alpha value is -2.49. The average Bonchev–Trinajstić information content (AvgIpc) is 2.75. The van der Waals surface area contributed by atoms with Gasteiger partial charge in [0, 0.05) is 30.5 Å². The summed E-state index contributed by atoms with van der Waals surface area (Å²) in [4.78, 5) is 24.5. The highest BCUT2D eigenvalue weighted by Gasteiger charge is 2.12. The zero-order valence-electron chi connectivity index (χ0n) is 17.5. The Labute approximate surface area is 196 Å². The third-order valence-corrected chi connectivity index (χ3v) is 5.01. The van der Waals surface area contributed by atoms with Crippen LogP contribution in [0, 0.1) is 0 Å². The molecule has 0 heterocycles. The molecule has 0 radical (unpaired) electrons. The van der Waals surface area contributed by atoms with Crippen molar-refractivity contribution < 1.29 is 19.1 Å². The number of anilines is 1. The van der Waals surface area contributed by atoms with Crippen LogP contribution >= 0.6 is 28.1 Å². The van der Waals surface area contributed by atoms with Gasteiger partial charge in [-0.25, -0.2) is 0 Å². The van der Waals surface area contributed by atoms with E-state index < -0.39 is 0 Å². The quantitative estimate of drug-likeness (QED) is 0.331. The van der Waals surface area contributed by atoms with Crippen LogP contribution in [-0.2, 0) is 4.74 Å². The SMILES string of the molecule is CCCCNC(=O)c1ccc(NC(=S)NC(=O)c2ccc(OCCOC)c(Br)c2)cc1. The largest absolute Gasteiger partial charge is 0.490 e. The first-order valence-corrected chi connectivity index (χ1v) is 11.1. The molecule has 0 saturated carbocycles. The first-order chi connectivity index (χ1) is 14.9. The van der Waals surface area contributed by atoms with Crippen molar-refractivity contribution >= 4 is 50.8 Å². The van der Waals surface area contributed by atoms with E-state index in [-0.39, 0.29) is 16.9 Å². The normalized spacial score (nSPS) is 10.3. The number of thiocarbonyl (C=S) groups is 1. The lowest BCUT2D eigenvalue weighted by molar-refractivity contribution is 0.0950. The van der Waals surface area contributed by atoms with Crippen LogP contribution in [-0.4, -0.2) is 43.8 Å². The van der Waals surface area contributed by atoms with Gasteiger partial charge < -0.3 is 20.1 Å². The average molecular weight is 508 g/mol. The van der Waals surface area contributed by atoms with E-state index in [1.807, 2.05) is 0 Å². The number of unbranched alkanes of at least 4 members (excludes halogenated alkanes) is 1. The minimum absolute atomic E-state index is 0.115. The van der Waals surface area contributed by atoms with Crippen LogP contribution in [0.5, 0.6) is 5.75 Å². The number of carbonyl (C=O) groups excluding carboxylic acids is 2. The first-order valence-electron chi connectivity index (χ1n) is 9.86. The summed E-state index contributed by atoms with van der Waals surface area (Å²) in [6.07, 6.45) is 1.97.